The molecule has 1 heterocycles. The zero-order valence-corrected chi connectivity index (χ0v) is 12.7. The molecule has 0 saturated heterocycles. The molecule has 1 aromatic rings. The van der Waals surface area contributed by atoms with Crippen molar-refractivity contribution in [3.05, 3.63) is 11.1 Å². The molecule has 0 aromatic carbocycles. The van der Waals surface area contributed by atoms with Gasteiger partial charge in [0, 0.05) is 17.5 Å². The number of aromatic nitrogens is 2. The van der Waals surface area contributed by atoms with E-state index < -0.39 is 0 Å². The van der Waals surface area contributed by atoms with E-state index in [1.807, 2.05) is 0 Å². The Bertz CT molecular complexity index is 466. The van der Waals surface area contributed by atoms with Crippen LogP contribution >= 0.6 is 11.5 Å². The number of hydrogen-bond donors (Lipinski definition) is 1. The van der Waals surface area contributed by atoms with Crippen molar-refractivity contribution in [2.45, 2.75) is 64.5 Å². The Kier molecular flexibility index (Phi) is 2.45. The largest absolute Gasteiger partial charge is 0.305 e. The highest BCUT2D eigenvalue weighted by molar-refractivity contribution is 7.03. The van der Waals surface area contributed by atoms with E-state index in [0.717, 1.165) is 18.2 Å². The fourth-order valence-electron chi connectivity index (χ4n) is 6.18. The molecule has 1 N–H and O–H groups in total. The summed E-state index contributed by atoms with van der Waals surface area (Å²) in [6.45, 7) is 5.95. The van der Waals surface area contributed by atoms with Crippen molar-refractivity contribution in [3.63, 3.8) is 0 Å². The molecule has 4 aliphatic rings. The van der Waals surface area contributed by atoms with Gasteiger partial charge in [-0.15, -0.1) is 5.10 Å². The molecular weight excluding hydrogens is 254 g/mol. The minimum absolute atomic E-state index is 0.381. The van der Waals surface area contributed by atoms with Crippen molar-refractivity contribution in [2.75, 3.05) is 0 Å². The highest BCUT2D eigenvalue weighted by Gasteiger charge is 2.59. The van der Waals surface area contributed by atoms with E-state index in [-0.39, 0.29) is 0 Å². The predicted octanol–water partition coefficient (Wildman–Crippen LogP) is 3.38. The maximum Gasteiger partial charge on any atom is 0.0893 e. The first-order chi connectivity index (χ1) is 8.99. The Balaban J connectivity index is 1.57. The number of nitrogens with one attached hydrogen (secondary N) is 1. The van der Waals surface area contributed by atoms with Crippen molar-refractivity contribution in [1.82, 2.24) is 14.9 Å². The molecule has 4 saturated carbocycles. The summed E-state index contributed by atoms with van der Waals surface area (Å²) in [5, 5.41) is 10.1. The van der Waals surface area contributed by atoms with Gasteiger partial charge in [-0.25, -0.2) is 0 Å². The summed E-state index contributed by atoms with van der Waals surface area (Å²) in [6.07, 6.45) is 8.48. The zero-order valence-electron chi connectivity index (χ0n) is 11.9. The van der Waals surface area contributed by atoms with E-state index in [9.17, 15) is 0 Å². The second-order valence-corrected chi connectivity index (χ2v) is 8.77. The van der Waals surface area contributed by atoms with Crippen molar-refractivity contribution in [3.8, 4) is 0 Å². The smallest absolute Gasteiger partial charge is 0.0893 e. The summed E-state index contributed by atoms with van der Waals surface area (Å²) in [6, 6.07) is 0. The zero-order chi connectivity index (χ0) is 13.1. The first-order valence-electron chi connectivity index (χ1n) is 7.49. The maximum absolute atomic E-state index is 4.17. The van der Waals surface area contributed by atoms with Gasteiger partial charge in [-0.1, -0.05) is 18.3 Å². The van der Waals surface area contributed by atoms with Crippen molar-refractivity contribution in [1.29, 1.82) is 0 Å². The second-order valence-electron chi connectivity index (χ2n) is 8.16. The molecule has 2 unspecified atom stereocenters. The first-order valence-corrected chi connectivity index (χ1v) is 8.33. The lowest BCUT2D eigenvalue weighted by atomic mass is 9.43. The molecular formula is C15H23N3S. The minimum Gasteiger partial charge on any atom is -0.305 e. The third-order valence-corrected chi connectivity index (χ3v) is 6.23. The molecule has 3 nitrogen and oxygen atoms in total. The van der Waals surface area contributed by atoms with Gasteiger partial charge in [0.2, 0.25) is 0 Å². The molecule has 0 radical (unpaired) electrons. The average Bonchev–Trinajstić information content (AvgIpc) is 2.73. The van der Waals surface area contributed by atoms with Crippen LogP contribution in [0.3, 0.4) is 0 Å². The van der Waals surface area contributed by atoms with Gasteiger partial charge in [0.15, 0.2) is 0 Å². The van der Waals surface area contributed by atoms with Crippen molar-refractivity contribution in [2.24, 2.45) is 16.7 Å². The van der Waals surface area contributed by atoms with Crippen LogP contribution in [0.5, 0.6) is 0 Å². The normalized spacial score (nSPS) is 47.8. The second kappa shape index (κ2) is 3.79. The van der Waals surface area contributed by atoms with Crippen LogP contribution in [0.2, 0.25) is 0 Å². The van der Waals surface area contributed by atoms with E-state index in [1.165, 1.54) is 50.1 Å². The van der Waals surface area contributed by atoms with Crippen LogP contribution in [0.4, 0.5) is 0 Å². The van der Waals surface area contributed by atoms with E-state index in [0.29, 0.717) is 16.4 Å². The number of nitrogens with zero attached hydrogens (tertiary/aromatic N) is 2. The molecule has 1 aromatic heterocycles. The highest BCUT2D eigenvalue weighted by atomic mass is 32.1. The molecule has 2 atom stereocenters. The van der Waals surface area contributed by atoms with Crippen molar-refractivity contribution >= 4 is 11.5 Å². The maximum atomic E-state index is 4.17. The molecule has 4 bridgehead atoms. The SMILES string of the molecule is CC12CC3CC(C)(C1)CC(NCc1csnn1)(C3)C2. The van der Waals surface area contributed by atoms with Gasteiger partial charge in [-0.3, -0.25) is 0 Å². The predicted molar refractivity (Wildman–Crippen MR) is 76.9 cm³/mol. The average molecular weight is 277 g/mol. The third kappa shape index (κ3) is 2.04. The van der Waals surface area contributed by atoms with Crippen LogP contribution in [0, 0.1) is 16.7 Å². The van der Waals surface area contributed by atoms with Crippen LogP contribution in [-0.2, 0) is 6.54 Å². The minimum atomic E-state index is 0.381. The topological polar surface area (TPSA) is 37.8 Å². The molecule has 0 amide bonds. The highest BCUT2D eigenvalue weighted by Crippen LogP contribution is 2.66. The fraction of sp³-hybridized carbons (Fsp3) is 0.867. The summed E-state index contributed by atoms with van der Waals surface area (Å²) in [4.78, 5) is 0. The standard InChI is InChI=1S/C15H23N3S/c1-13-3-11-4-14(2,8-13)10-15(5-11,9-13)16-6-12-7-19-18-17-12/h7,11,16H,3-6,8-10H2,1-2H3. The van der Waals surface area contributed by atoms with E-state index in [1.54, 1.807) is 0 Å². The summed E-state index contributed by atoms with van der Waals surface area (Å²) in [7, 11) is 0. The molecule has 4 aliphatic carbocycles. The number of hydrogen-bond acceptors (Lipinski definition) is 4. The number of rotatable bonds is 3. The Morgan fingerprint density at radius 3 is 2.53 bits per heavy atom. The molecule has 5 rings (SSSR count). The van der Waals surface area contributed by atoms with Gasteiger partial charge >= 0.3 is 0 Å². The van der Waals surface area contributed by atoms with E-state index in [4.69, 9.17) is 0 Å². The van der Waals surface area contributed by atoms with Gasteiger partial charge in [0.1, 0.15) is 0 Å². The summed E-state index contributed by atoms with van der Waals surface area (Å²) in [5.74, 6) is 0.951. The Morgan fingerprint density at radius 1 is 1.21 bits per heavy atom. The molecule has 0 spiro atoms. The summed E-state index contributed by atoms with van der Waals surface area (Å²) in [5.41, 5.74) is 2.66. The van der Waals surface area contributed by atoms with Crippen LogP contribution in [0.25, 0.3) is 0 Å². The molecule has 104 valence electrons. The monoisotopic (exact) mass is 277 g/mol. The van der Waals surface area contributed by atoms with Gasteiger partial charge in [-0.05, 0) is 66.8 Å². The Labute approximate surface area is 119 Å². The first kappa shape index (κ1) is 12.3. The van der Waals surface area contributed by atoms with Crippen LogP contribution < -0.4 is 5.32 Å². The third-order valence-electron chi connectivity index (χ3n) is 5.68. The lowest BCUT2D eigenvalue weighted by Gasteiger charge is -2.65. The molecule has 4 fully saturated rings. The summed E-state index contributed by atoms with van der Waals surface area (Å²) >= 11 is 1.45. The van der Waals surface area contributed by atoms with E-state index >= 15 is 0 Å². The molecule has 19 heavy (non-hydrogen) atoms. The van der Waals surface area contributed by atoms with E-state index in [2.05, 4.69) is 34.1 Å². The fourth-order valence-corrected chi connectivity index (χ4v) is 6.64. The van der Waals surface area contributed by atoms with Crippen molar-refractivity contribution < 1.29 is 0 Å². The van der Waals surface area contributed by atoms with Crippen LogP contribution in [-0.4, -0.2) is 15.1 Å². The van der Waals surface area contributed by atoms with Crippen LogP contribution in [0.15, 0.2) is 5.38 Å². The summed E-state index contributed by atoms with van der Waals surface area (Å²) < 4.78 is 3.97. The van der Waals surface area contributed by atoms with Gasteiger partial charge in [-0.2, -0.15) is 0 Å². The molecule has 4 heteroatoms. The quantitative estimate of drug-likeness (QED) is 0.920. The lowest BCUT2D eigenvalue weighted by molar-refractivity contribution is -0.118. The van der Waals surface area contributed by atoms with Gasteiger partial charge < -0.3 is 5.32 Å². The van der Waals surface area contributed by atoms with Gasteiger partial charge in [0.05, 0.1) is 5.69 Å². The van der Waals surface area contributed by atoms with Gasteiger partial charge in [0.25, 0.3) is 0 Å². The lowest BCUT2D eigenvalue weighted by Crippen LogP contribution is -2.63. The Hall–Kier alpha value is -0.480. The Morgan fingerprint density at radius 2 is 1.95 bits per heavy atom. The molecule has 0 aliphatic heterocycles. The van der Waals surface area contributed by atoms with Crippen LogP contribution in [0.1, 0.15) is 58.1 Å².